The molecule has 1 aromatic carbocycles. The summed E-state index contributed by atoms with van der Waals surface area (Å²) >= 11 is 0. The summed E-state index contributed by atoms with van der Waals surface area (Å²) in [6, 6.07) is 4.49. The van der Waals surface area contributed by atoms with Gasteiger partial charge in [0.2, 0.25) is 5.82 Å². The van der Waals surface area contributed by atoms with E-state index in [1.165, 1.54) is 24.5 Å². The van der Waals surface area contributed by atoms with Crippen LogP contribution in [0, 0.1) is 5.82 Å². The van der Waals surface area contributed by atoms with E-state index in [-0.39, 0.29) is 16.6 Å². The molecule has 6 nitrogen and oxygen atoms in total. The lowest BCUT2D eigenvalue weighted by Gasteiger charge is -2.11. The highest BCUT2D eigenvalue weighted by molar-refractivity contribution is 7.92. The molecule has 0 fully saturated rings. The highest BCUT2D eigenvalue weighted by atomic mass is 32.2. The molecule has 0 saturated heterocycles. The van der Waals surface area contributed by atoms with E-state index >= 15 is 0 Å². The number of nitrogens with one attached hydrogen (secondary N) is 1. The van der Waals surface area contributed by atoms with Gasteiger partial charge in [0.1, 0.15) is 5.82 Å². The maximum absolute atomic E-state index is 12.9. The van der Waals surface area contributed by atoms with E-state index in [2.05, 4.69) is 14.7 Å². The molecule has 0 aliphatic rings. The summed E-state index contributed by atoms with van der Waals surface area (Å²) in [5.41, 5.74) is 0. The van der Waals surface area contributed by atoms with E-state index in [0.717, 1.165) is 25.0 Å². The largest absolute Gasteiger partial charge is 0.475 e. The van der Waals surface area contributed by atoms with Gasteiger partial charge in [-0.1, -0.05) is 13.3 Å². The fraction of sp³-hybridized carbons (Fsp3) is 0.286. The number of ether oxygens (including phenoxy) is 1. The van der Waals surface area contributed by atoms with Crippen LogP contribution in [0.25, 0.3) is 0 Å². The lowest BCUT2D eigenvalue weighted by Crippen LogP contribution is -2.15. The molecule has 0 unspecified atom stereocenters. The second-order valence-electron chi connectivity index (χ2n) is 4.47. The van der Waals surface area contributed by atoms with E-state index in [9.17, 15) is 12.8 Å². The first-order valence-electron chi connectivity index (χ1n) is 6.75. The van der Waals surface area contributed by atoms with Crippen molar-refractivity contribution < 1.29 is 17.5 Å². The van der Waals surface area contributed by atoms with Crippen molar-refractivity contribution in [3.63, 3.8) is 0 Å². The number of aromatic nitrogens is 2. The summed E-state index contributed by atoms with van der Waals surface area (Å²) in [5, 5.41) is 0. The topological polar surface area (TPSA) is 81.2 Å². The number of halogens is 1. The van der Waals surface area contributed by atoms with Crippen molar-refractivity contribution in [3.05, 3.63) is 42.5 Å². The predicted octanol–water partition coefficient (Wildman–Crippen LogP) is 2.60. The van der Waals surface area contributed by atoms with Crippen LogP contribution >= 0.6 is 0 Å². The Morgan fingerprint density at radius 2 is 1.86 bits per heavy atom. The maximum Gasteiger partial charge on any atom is 0.263 e. The lowest BCUT2D eigenvalue weighted by molar-refractivity contribution is 0.298. The Morgan fingerprint density at radius 1 is 1.18 bits per heavy atom. The van der Waals surface area contributed by atoms with Crippen LogP contribution in [0.2, 0.25) is 0 Å². The minimum Gasteiger partial charge on any atom is -0.475 e. The standard InChI is InChI=1S/C14H16FN3O3S/c1-2-3-10-21-14-13(16-8-9-17-14)18-22(19,20)12-6-4-11(15)5-7-12/h4-9H,2-3,10H2,1H3,(H,16,18). The van der Waals surface area contributed by atoms with E-state index in [1.54, 1.807) is 0 Å². The molecule has 22 heavy (non-hydrogen) atoms. The molecular weight excluding hydrogens is 309 g/mol. The van der Waals surface area contributed by atoms with E-state index in [4.69, 9.17) is 4.74 Å². The normalized spacial score (nSPS) is 11.2. The Labute approximate surface area is 128 Å². The van der Waals surface area contributed by atoms with Crippen molar-refractivity contribution in [2.24, 2.45) is 0 Å². The molecule has 0 amide bonds. The van der Waals surface area contributed by atoms with Crippen molar-refractivity contribution in [3.8, 4) is 5.88 Å². The smallest absolute Gasteiger partial charge is 0.263 e. The van der Waals surface area contributed by atoms with Crippen LogP contribution in [0.4, 0.5) is 10.2 Å². The zero-order chi connectivity index (χ0) is 16.0. The number of sulfonamides is 1. The molecule has 0 radical (unpaired) electrons. The molecule has 0 atom stereocenters. The van der Waals surface area contributed by atoms with Crippen molar-refractivity contribution in [2.75, 3.05) is 11.3 Å². The first-order chi connectivity index (χ1) is 10.5. The van der Waals surface area contributed by atoms with Crippen LogP contribution in [0.1, 0.15) is 19.8 Å². The molecule has 1 aromatic heterocycles. The van der Waals surface area contributed by atoms with E-state index in [1.807, 2.05) is 6.92 Å². The van der Waals surface area contributed by atoms with Gasteiger partial charge in [-0.05, 0) is 30.7 Å². The Morgan fingerprint density at radius 3 is 2.55 bits per heavy atom. The van der Waals surface area contributed by atoms with Gasteiger partial charge in [0.05, 0.1) is 11.5 Å². The van der Waals surface area contributed by atoms with Gasteiger partial charge < -0.3 is 4.74 Å². The summed E-state index contributed by atoms with van der Waals surface area (Å²) in [4.78, 5) is 7.83. The lowest BCUT2D eigenvalue weighted by atomic mass is 10.4. The number of nitrogens with zero attached hydrogens (tertiary/aromatic N) is 2. The summed E-state index contributed by atoms with van der Waals surface area (Å²) in [5.74, 6) is -0.397. The molecule has 2 aromatic rings. The fourth-order valence-electron chi connectivity index (χ4n) is 1.61. The predicted molar refractivity (Wildman–Crippen MR) is 79.6 cm³/mol. The number of hydrogen-bond donors (Lipinski definition) is 1. The number of rotatable bonds is 7. The number of benzene rings is 1. The zero-order valence-electron chi connectivity index (χ0n) is 12.0. The highest BCUT2D eigenvalue weighted by Gasteiger charge is 2.18. The second kappa shape index (κ2) is 7.17. The van der Waals surface area contributed by atoms with Crippen molar-refractivity contribution in [1.29, 1.82) is 0 Å². The Kier molecular flexibility index (Phi) is 5.26. The van der Waals surface area contributed by atoms with Crippen molar-refractivity contribution >= 4 is 15.8 Å². The van der Waals surface area contributed by atoms with E-state index < -0.39 is 15.8 Å². The number of unbranched alkanes of at least 4 members (excludes halogenated alkanes) is 1. The molecule has 1 N–H and O–H groups in total. The molecule has 0 spiro atoms. The van der Waals surface area contributed by atoms with Gasteiger partial charge in [0.25, 0.3) is 15.9 Å². The number of anilines is 1. The summed E-state index contributed by atoms with van der Waals surface area (Å²) in [7, 11) is -3.88. The van der Waals surface area contributed by atoms with Gasteiger partial charge in [-0.2, -0.15) is 0 Å². The van der Waals surface area contributed by atoms with Crippen LogP contribution < -0.4 is 9.46 Å². The monoisotopic (exact) mass is 325 g/mol. The summed E-state index contributed by atoms with van der Waals surface area (Å²) < 4.78 is 45.1. The van der Waals surface area contributed by atoms with Crippen molar-refractivity contribution in [2.45, 2.75) is 24.7 Å². The molecule has 1 heterocycles. The van der Waals surface area contributed by atoms with Crippen LogP contribution in [0.3, 0.4) is 0 Å². The SMILES string of the molecule is CCCCOc1nccnc1NS(=O)(=O)c1ccc(F)cc1. The molecule has 0 saturated carbocycles. The van der Waals surface area contributed by atoms with Gasteiger partial charge in [-0.15, -0.1) is 0 Å². The minimum absolute atomic E-state index is 0.00271. The van der Waals surface area contributed by atoms with Gasteiger partial charge in [0, 0.05) is 12.4 Å². The van der Waals surface area contributed by atoms with Crippen LogP contribution in [0.5, 0.6) is 5.88 Å². The average molecular weight is 325 g/mol. The summed E-state index contributed by atoms with van der Waals surface area (Å²) in [6.07, 6.45) is 4.53. The minimum atomic E-state index is -3.88. The Hall–Kier alpha value is -2.22. The molecule has 0 aliphatic heterocycles. The third kappa shape index (κ3) is 4.14. The van der Waals surface area contributed by atoms with Gasteiger partial charge in [-0.25, -0.2) is 22.8 Å². The Bertz CT molecular complexity index is 720. The molecule has 0 bridgehead atoms. The van der Waals surface area contributed by atoms with Gasteiger partial charge >= 0.3 is 0 Å². The molecule has 0 aliphatic carbocycles. The molecule has 8 heteroatoms. The fourth-order valence-corrected chi connectivity index (χ4v) is 2.62. The molecule has 2 rings (SSSR count). The molecule has 118 valence electrons. The first kappa shape index (κ1) is 16.2. The third-order valence-electron chi connectivity index (χ3n) is 2.76. The van der Waals surface area contributed by atoms with Crippen LogP contribution in [-0.4, -0.2) is 25.0 Å². The van der Waals surface area contributed by atoms with E-state index in [0.29, 0.717) is 6.61 Å². The quantitative estimate of drug-likeness (QED) is 0.791. The van der Waals surface area contributed by atoms with Crippen LogP contribution in [-0.2, 0) is 10.0 Å². The van der Waals surface area contributed by atoms with Gasteiger partial charge in [0.15, 0.2) is 0 Å². The summed E-state index contributed by atoms with van der Waals surface area (Å²) in [6.45, 7) is 2.43. The van der Waals surface area contributed by atoms with Crippen molar-refractivity contribution in [1.82, 2.24) is 9.97 Å². The zero-order valence-corrected chi connectivity index (χ0v) is 12.8. The Balaban J connectivity index is 2.20. The number of hydrogen-bond acceptors (Lipinski definition) is 5. The molecular formula is C14H16FN3O3S. The second-order valence-corrected chi connectivity index (χ2v) is 6.15. The maximum atomic E-state index is 12.9. The van der Waals surface area contributed by atoms with Crippen LogP contribution in [0.15, 0.2) is 41.6 Å². The first-order valence-corrected chi connectivity index (χ1v) is 8.23. The average Bonchev–Trinajstić information content (AvgIpc) is 2.49. The third-order valence-corrected chi connectivity index (χ3v) is 4.11. The van der Waals surface area contributed by atoms with Gasteiger partial charge in [-0.3, -0.25) is 4.72 Å². The highest BCUT2D eigenvalue weighted by Crippen LogP contribution is 2.22.